The first-order valence-corrected chi connectivity index (χ1v) is 6.97. The Morgan fingerprint density at radius 2 is 1.96 bits per heavy atom. The average Bonchev–Trinajstić information content (AvgIpc) is 2.54. The normalized spacial score (nSPS) is 21.1. The lowest BCUT2D eigenvalue weighted by Gasteiger charge is -2.31. The van der Waals surface area contributed by atoms with Crippen molar-refractivity contribution >= 4 is 5.97 Å². The van der Waals surface area contributed by atoms with Gasteiger partial charge in [0.25, 0.3) is 0 Å². The molecule has 2 rings (SSSR count). The highest BCUT2D eigenvalue weighted by atomic mass is 19.4. The van der Waals surface area contributed by atoms with Crippen LogP contribution in [-0.2, 0) is 14.9 Å². The SMILES string of the molecule is COC(=O)C1=C(O)CCC(C#N)(c2ccc(OC(F)(F)F)cc2)C1. The second-order valence-corrected chi connectivity index (χ2v) is 5.36. The molecule has 0 aliphatic heterocycles. The van der Waals surface area contributed by atoms with Crippen molar-refractivity contribution in [2.24, 2.45) is 0 Å². The number of rotatable bonds is 3. The van der Waals surface area contributed by atoms with Crippen LogP contribution in [0.5, 0.6) is 5.75 Å². The number of alkyl halides is 3. The summed E-state index contributed by atoms with van der Waals surface area (Å²) in [5, 5.41) is 19.4. The van der Waals surface area contributed by atoms with E-state index in [0.29, 0.717) is 5.56 Å². The van der Waals surface area contributed by atoms with Crippen LogP contribution >= 0.6 is 0 Å². The Bertz CT molecular complexity index is 704. The Hall–Kier alpha value is -2.69. The summed E-state index contributed by atoms with van der Waals surface area (Å²) in [6, 6.07) is 7.03. The summed E-state index contributed by atoms with van der Waals surface area (Å²) < 4.78 is 45.0. The number of carbonyl (C=O) groups is 1. The van der Waals surface area contributed by atoms with Gasteiger partial charge in [-0.05, 0) is 24.1 Å². The number of hydrogen-bond donors (Lipinski definition) is 1. The van der Waals surface area contributed by atoms with Gasteiger partial charge in [-0.15, -0.1) is 13.2 Å². The summed E-state index contributed by atoms with van der Waals surface area (Å²) >= 11 is 0. The standard InChI is InChI=1S/C16H14F3NO4/c1-23-14(22)12-8-15(9-20,7-6-13(12)21)10-2-4-11(5-3-10)24-16(17,18)19/h2-5,21H,6-8H2,1H3. The van der Waals surface area contributed by atoms with Crippen LogP contribution in [0.2, 0.25) is 0 Å². The smallest absolute Gasteiger partial charge is 0.512 e. The zero-order valence-corrected chi connectivity index (χ0v) is 12.7. The Kier molecular flexibility index (Phi) is 4.73. The highest BCUT2D eigenvalue weighted by Gasteiger charge is 2.40. The van der Waals surface area contributed by atoms with Gasteiger partial charge in [0.15, 0.2) is 0 Å². The summed E-state index contributed by atoms with van der Waals surface area (Å²) in [5.41, 5.74) is -0.693. The number of methoxy groups -OCH3 is 1. The largest absolute Gasteiger partial charge is 0.573 e. The maximum Gasteiger partial charge on any atom is 0.573 e. The van der Waals surface area contributed by atoms with E-state index in [-0.39, 0.29) is 30.6 Å². The van der Waals surface area contributed by atoms with Crippen molar-refractivity contribution in [1.82, 2.24) is 0 Å². The Labute approximate surface area is 135 Å². The average molecular weight is 341 g/mol. The third kappa shape index (κ3) is 3.62. The van der Waals surface area contributed by atoms with Crippen LogP contribution in [0.4, 0.5) is 13.2 Å². The Morgan fingerprint density at radius 1 is 1.33 bits per heavy atom. The van der Waals surface area contributed by atoms with Crippen molar-refractivity contribution in [1.29, 1.82) is 5.26 Å². The quantitative estimate of drug-likeness (QED) is 0.851. The molecule has 0 bridgehead atoms. The molecule has 24 heavy (non-hydrogen) atoms. The molecule has 8 heteroatoms. The van der Waals surface area contributed by atoms with Gasteiger partial charge in [-0.2, -0.15) is 5.26 Å². The summed E-state index contributed by atoms with van der Waals surface area (Å²) in [7, 11) is 1.16. The van der Waals surface area contributed by atoms with E-state index in [2.05, 4.69) is 15.5 Å². The predicted octanol–water partition coefficient (Wildman–Crippen LogP) is 3.52. The van der Waals surface area contributed by atoms with E-state index >= 15 is 0 Å². The van der Waals surface area contributed by atoms with Crippen LogP contribution in [0.3, 0.4) is 0 Å². The predicted molar refractivity (Wildman–Crippen MR) is 75.9 cm³/mol. The van der Waals surface area contributed by atoms with E-state index in [9.17, 15) is 28.3 Å². The molecule has 1 aliphatic rings. The van der Waals surface area contributed by atoms with Gasteiger partial charge in [-0.25, -0.2) is 4.79 Å². The highest BCUT2D eigenvalue weighted by molar-refractivity contribution is 5.89. The van der Waals surface area contributed by atoms with Crippen molar-refractivity contribution in [3.05, 3.63) is 41.2 Å². The molecule has 0 radical (unpaired) electrons. The molecule has 0 amide bonds. The lowest BCUT2D eigenvalue weighted by atomic mass is 9.70. The fraction of sp³-hybridized carbons (Fsp3) is 0.375. The van der Waals surface area contributed by atoms with Gasteiger partial charge in [0.2, 0.25) is 0 Å². The fourth-order valence-electron chi connectivity index (χ4n) is 2.67. The molecule has 5 nitrogen and oxygen atoms in total. The molecule has 1 aromatic carbocycles. The number of ether oxygens (including phenoxy) is 2. The molecular weight excluding hydrogens is 327 g/mol. The zero-order chi connectivity index (χ0) is 18.0. The van der Waals surface area contributed by atoms with Gasteiger partial charge in [0.1, 0.15) is 11.5 Å². The van der Waals surface area contributed by atoms with Crippen LogP contribution in [0.15, 0.2) is 35.6 Å². The van der Waals surface area contributed by atoms with Crippen molar-refractivity contribution in [3.63, 3.8) is 0 Å². The van der Waals surface area contributed by atoms with Gasteiger partial charge >= 0.3 is 12.3 Å². The number of hydrogen-bond acceptors (Lipinski definition) is 5. The zero-order valence-electron chi connectivity index (χ0n) is 12.7. The van der Waals surface area contributed by atoms with Gasteiger partial charge in [-0.3, -0.25) is 0 Å². The second-order valence-electron chi connectivity index (χ2n) is 5.36. The third-order valence-electron chi connectivity index (χ3n) is 3.90. The number of benzene rings is 1. The highest BCUT2D eigenvalue weighted by Crippen LogP contribution is 2.42. The van der Waals surface area contributed by atoms with E-state index in [0.717, 1.165) is 19.2 Å². The maximum absolute atomic E-state index is 12.2. The molecule has 0 aromatic heterocycles. The lowest BCUT2D eigenvalue weighted by Crippen LogP contribution is -2.31. The molecule has 128 valence electrons. The van der Waals surface area contributed by atoms with E-state index in [1.165, 1.54) is 12.1 Å². The van der Waals surface area contributed by atoms with Crippen LogP contribution in [0, 0.1) is 11.3 Å². The van der Waals surface area contributed by atoms with Gasteiger partial charge in [0, 0.05) is 12.8 Å². The van der Waals surface area contributed by atoms with Gasteiger partial charge < -0.3 is 14.6 Å². The number of carbonyl (C=O) groups excluding carboxylic acids is 1. The molecule has 1 N–H and O–H groups in total. The van der Waals surface area contributed by atoms with Crippen LogP contribution in [0.1, 0.15) is 24.8 Å². The van der Waals surface area contributed by atoms with Crippen molar-refractivity contribution in [2.45, 2.75) is 31.0 Å². The number of aliphatic hydroxyl groups is 1. The first kappa shape index (κ1) is 17.7. The van der Waals surface area contributed by atoms with E-state index in [1.807, 2.05) is 0 Å². The van der Waals surface area contributed by atoms with E-state index in [4.69, 9.17) is 0 Å². The molecule has 1 aromatic rings. The first-order valence-electron chi connectivity index (χ1n) is 6.97. The Balaban J connectivity index is 2.32. The van der Waals surface area contributed by atoms with Crippen molar-refractivity contribution in [3.8, 4) is 11.8 Å². The molecule has 0 spiro atoms. The molecule has 1 aliphatic carbocycles. The Morgan fingerprint density at radius 3 is 2.46 bits per heavy atom. The van der Waals surface area contributed by atoms with Crippen LogP contribution < -0.4 is 4.74 Å². The number of allylic oxidation sites excluding steroid dienone is 1. The minimum atomic E-state index is -4.80. The number of nitriles is 1. The summed E-state index contributed by atoms with van der Waals surface area (Å²) in [6.45, 7) is 0. The fourth-order valence-corrected chi connectivity index (χ4v) is 2.67. The van der Waals surface area contributed by atoms with Crippen molar-refractivity contribution < 1.29 is 32.5 Å². The summed E-state index contributed by atoms with van der Waals surface area (Å²) in [4.78, 5) is 11.7. The molecule has 0 fully saturated rings. The van der Waals surface area contributed by atoms with Crippen LogP contribution in [0.25, 0.3) is 0 Å². The van der Waals surface area contributed by atoms with Crippen molar-refractivity contribution in [2.75, 3.05) is 7.11 Å². The topological polar surface area (TPSA) is 79.5 Å². The number of aliphatic hydroxyl groups excluding tert-OH is 1. The molecule has 0 heterocycles. The van der Waals surface area contributed by atoms with E-state index in [1.54, 1.807) is 0 Å². The molecule has 1 unspecified atom stereocenters. The first-order chi connectivity index (χ1) is 11.2. The molecular formula is C16H14F3NO4. The maximum atomic E-state index is 12.2. The minimum Gasteiger partial charge on any atom is -0.512 e. The van der Waals surface area contributed by atoms with Crippen LogP contribution in [-0.4, -0.2) is 24.5 Å². The summed E-state index contributed by atoms with van der Waals surface area (Å²) in [5.74, 6) is -1.27. The van der Waals surface area contributed by atoms with Gasteiger partial charge in [-0.1, -0.05) is 12.1 Å². The summed E-state index contributed by atoms with van der Waals surface area (Å²) in [6.07, 6.45) is -4.55. The van der Waals surface area contributed by atoms with E-state index < -0.39 is 23.5 Å². The monoisotopic (exact) mass is 341 g/mol. The van der Waals surface area contributed by atoms with Gasteiger partial charge in [0.05, 0.1) is 24.2 Å². The molecule has 0 saturated carbocycles. The third-order valence-corrected chi connectivity index (χ3v) is 3.90. The number of esters is 1. The molecule has 0 saturated heterocycles. The molecule has 1 atom stereocenters. The second kappa shape index (κ2) is 6.43. The minimum absolute atomic E-state index is 0.000850. The lowest BCUT2D eigenvalue weighted by molar-refractivity contribution is -0.274. The number of halogens is 3. The number of nitrogens with zero attached hydrogens (tertiary/aromatic N) is 1.